The van der Waals surface area contributed by atoms with Crippen LogP contribution in [0, 0.1) is 5.92 Å². The van der Waals surface area contributed by atoms with E-state index < -0.39 is 0 Å². The fraction of sp³-hybridized carbons (Fsp3) is 0.722. The van der Waals surface area contributed by atoms with Gasteiger partial charge in [0.25, 0.3) is 0 Å². The molecule has 2 heterocycles. The molecule has 0 aromatic carbocycles. The topological polar surface area (TPSA) is 28.2 Å². The zero-order valence-corrected chi connectivity index (χ0v) is 13.5. The van der Waals surface area contributed by atoms with Gasteiger partial charge < -0.3 is 10.2 Å². The highest BCUT2D eigenvalue weighted by Crippen LogP contribution is 2.37. The van der Waals surface area contributed by atoms with Crippen LogP contribution in [0.3, 0.4) is 0 Å². The van der Waals surface area contributed by atoms with Crippen molar-refractivity contribution in [3.05, 3.63) is 23.9 Å². The first-order chi connectivity index (χ1) is 10.2. The molecular weight excluding hydrogens is 258 g/mol. The highest BCUT2D eigenvalue weighted by Gasteiger charge is 2.33. The maximum atomic E-state index is 4.76. The number of hydrogen-bond donors (Lipinski definition) is 1. The molecule has 0 amide bonds. The largest absolute Gasteiger partial charge is 0.353 e. The van der Waals surface area contributed by atoms with Crippen molar-refractivity contribution in [2.45, 2.75) is 71.0 Å². The Morgan fingerprint density at radius 2 is 2.00 bits per heavy atom. The maximum absolute atomic E-state index is 4.76. The number of hydrogen-bond acceptors (Lipinski definition) is 3. The first-order valence-corrected chi connectivity index (χ1v) is 8.69. The number of fused-ring (bicyclic) bond motifs is 1. The minimum atomic E-state index is 0.523. The Balaban J connectivity index is 1.67. The molecule has 2 aliphatic rings. The summed E-state index contributed by atoms with van der Waals surface area (Å²) >= 11 is 0. The summed E-state index contributed by atoms with van der Waals surface area (Å²) < 4.78 is 0. The number of nitrogens with zero attached hydrogens (tertiary/aromatic N) is 2. The highest BCUT2D eigenvalue weighted by molar-refractivity contribution is 5.41. The van der Waals surface area contributed by atoms with Crippen molar-refractivity contribution in [1.29, 1.82) is 0 Å². The van der Waals surface area contributed by atoms with Gasteiger partial charge >= 0.3 is 0 Å². The summed E-state index contributed by atoms with van der Waals surface area (Å²) in [4.78, 5) is 7.35. The molecule has 2 unspecified atom stereocenters. The number of aromatic nitrogens is 1. The van der Waals surface area contributed by atoms with Gasteiger partial charge in [-0.15, -0.1) is 0 Å². The minimum Gasteiger partial charge on any atom is -0.353 e. The van der Waals surface area contributed by atoms with Crippen LogP contribution in [0.4, 0.5) is 5.82 Å². The SMILES string of the molecule is CC(C)NCc1ccc(N2CCCC3CCCCC32)nc1. The van der Waals surface area contributed by atoms with E-state index in [4.69, 9.17) is 4.98 Å². The Bertz CT molecular complexity index is 438. The van der Waals surface area contributed by atoms with Crippen LogP contribution in [0.15, 0.2) is 18.3 Å². The van der Waals surface area contributed by atoms with Gasteiger partial charge in [0.05, 0.1) is 0 Å². The van der Waals surface area contributed by atoms with Gasteiger partial charge in [-0.25, -0.2) is 4.98 Å². The quantitative estimate of drug-likeness (QED) is 0.914. The monoisotopic (exact) mass is 287 g/mol. The van der Waals surface area contributed by atoms with E-state index in [-0.39, 0.29) is 0 Å². The fourth-order valence-electron chi connectivity index (χ4n) is 3.92. The van der Waals surface area contributed by atoms with E-state index in [0.29, 0.717) is 6.04 Å². The Hall–Kier alpha value is -1.09. The van der Waals surface area contributed by atoms with E-state index >= 15 is 0 Å². The molecule has 3 nitrogen and oxygen atoms in total. The van der Waals surface area contributed by atoms with E-state index in [0.717, 1.165) is 18.5 Å². The molecule has 3 rings (SSSR count). The molecule has 1 saturated heterocycles. The zero-order chi connectivity index (χ0) is 14.7. The number of pyridine rings is 1. The molecular formula is C18H29N3. The predicted octanol–water partition coefficient (Wildman–Crippen LogP) is 3.74. The third kappa shape index (κ3) is 3.57. The molecule has 1 N–H and O–H groups in total. The maximum Gasteiger partial charge on any atom is 0.128 e. The molecule has 0 radical (unpaired) electrons. The lowest BCUT2D eigenvalue weighted by Gasteiger charge is -2.44. The molecule has 116 valence electrons. The Morgan fingerprint density at radius 1 is 1.19 bits per heavy atom. The van der Waals surface area contributed by atoms with Crippen LogP contribution in [0.25, 0.3) is 0 Å². The first-order valence-electron chi connectivity index (χ1n) is 8.69. The summed E-state index contributed by atoms with van der Waals surface area (Å²) in [6.45, 7) is 6.46. The van der Waals surface area contributed by atoms with Crippen LogP contribution in [0.2, 0.25) is 0 Å². The molecule has 1 saturated carbocycles. The molecule has 2 atom stereocenters. The number of piperidine rings is 1. The van der Waals surface area contributed by atoms with E-state index in [1.165, 1.54) is 56.5 Å². The Kier molecular flexibility index (Phi) is 4.79. The van der Waals surface area contributed by atoms with Crippen LogP contribution in [0.5, 0.6) is 0 Å². The lowest BCUT2D eigenvalue weighted by molar-refractivity contribution is 0.242. The summed E-state index contributed by atoms with van der Waals surface area (Å²) in [6, 6.07) is 5.74. The van der Waals surface area contributed by atoms with Crippen LogP contribution in [0.1, 0.15) is 57.9 Å². The van der Waals surface area contributed by atoms with Crippen LogP contribution in [-0.4, -0.2) is 23.6 Å². The van der Waals surface area contributed by atoms with E-state index in [2.05, 4.69) is 42.4 Å². The van der Waals surface area contributed by atoms with Crippen LogP contribution >= 0.6 is 0 Å². The standard InChI is InChI=1S/C18H29N3/c1-14(2)19-12-15-9-10-18(20-13-15)21-11-5-7-16-6-3-4-8-17(16)21/h9-10,13-14,16-17,19H,3-8,11-12H2,1-2H3. The van der Waals surface area contributed by atoms with Crippen molar-refractivity contribution in [2.24, 2.45) is 5.92 Å². The molecule has 1 aliphatic heterocycles. The van der Waals surface area contributed by atoms with Gasteiger partial charge in [-0.05, 0) is 43.2 Å². The third-order valence-electron chi connectivity index (χ3n) is 5.06. The lowest BCUT2D eigenvalue weighted by atomic mass is 9.78. The summed E-state index contributed by atoms with van der Waals surface area (Å²) in [7, 11) is 0. The molecule has 1 aromatic heterocycles. The highest BCUT2D eigenvalue weighted by atomic mass is 15.2. The molecule has 0 bridgehead atoms. The van der Waals surface area contributed by atoms with Gasteiger partial charge in [0.15, 0.2) is 0 Å². The molecule has 2 fully saturated rings. The smallest absolute Gasteiger partial charge is 0.128 e. The molecule has 1 aromatic rings. The van der Waals surface area contributed by atoms with Crippen molar-refractivity contribution in [2.75, 3.05) is 11.4 Å². The molecule has 3 heteroatoms. The summed E-state index contributed by atoms with van der Waals surface area (Å²) in [5, 5.41) is 3.45. The molecule has 0 spiro atoms. The van der Waals surface area contributed by atoms with Crippen molar-refractivity contribution in [3.63, 3.8) is 0 Å². The second-order valence-electron chi connectivity index (χ2n) is 7.01. The molecule has 1 aliphatic carbocycles. The predicted molar refractivity (Wildman–Crippen MR) is 88.5 cm³/mol. The van der Waals surface area contributed by atoms with Crippen molar-refractivity contribution >= 4 is 5.82 Å². The number of rotatable bonds is 4. The van der Waals surface area contributed by atoms with Gasteiger partial charge in [-0.3, -0.25) is 0 Å². The molecule has 21 heavy (non-hydrogen) atoms. The second-order valence-corrected chi connectivity index (χ2v) is 7.01. The average molecular weight is 287 g/mol. The van der Waals surface area contributed by atoms with Crippen LogP contribution in [-0.2, 0) is 6.54 Å². The average Bonchev–Trinajstić information content (AvgIpc) is 2.53. The van der Waals surface area contributed by atoms with Crippen molar-refractivity contribution in [3.8, 4) is 0 Å². The Labute approximate surface area is 129 Å². The summed E-state index contributed by atoms with van der Waals surface area (Å²) in [5.74, 6) is 2.11. The zero-order valence-electron chi connectivity index (χ0n) is 13.5. The minimum absolute atomic E-state index is 0.523. The van der Waals surface area contributed by atoms with E-state index in [1.54, 1.807) is 0 Å². The summed E-state index contributed by atoms with van der Waals surface area (Å²) in [6.07, 6.45) is 10.4. The van der Waals surface area contributed by atoms with Gasteiger partial charge in [0, 0.05) is 31.4 Å². The van der Waals surface area contributed by atoms with Crippen molar-refractivity contribution < 1.29 is 0 Å². The van der Waals surface area contributed by atoms with Crippen molar-refractivity contribution in [1.82, 2.24) is 10.3 Å². The number of anilines is 1. The van der Waals surface area contributed by atoms with Crippen LogP contribution < -0.4 is 10.2 Å². The number of nitrogens with one attached hydrogen (secondary N) is 1. The van der Waals surface area contributed by atoms with Gasteiger partial charge in [-0.1, -0.05) is 32.8 Å². The fourth-order valence-corrected chi connectivity index (χ4v) is 3.92. The third-order valence-corrected chi connectivity index (χ3v) is 5.06. The lowest BCUT2D eigenvalue weighted by Crippen LogP contribution is -2.47. The van der Waals surface area contributed by atoms with E-state index in [9.17, 15) is 0 Å². The van der Waals surface area contributed by atoms with Gasteiger partial charge in [0.2, 0.25) is 0 Å². The van der Waals surface area contributed by atoms with E-state index in [1.807, 2.05) is 0 Å². The Morgan fingerprint density at radius 3 is 2.76 bits per heavy atom. The van der Waals surface area contributed by atoms with Gasteiger partial charge in [0.1, 0.15) is 5.82 Å². The first kappa shape index (κ1) is 14.8. The second kappa shape index (κ2) is 6.78. The normalized spacial score (nSPS) is 26.0. The summed E-state index contributed by atoms with van der Waals surface area (Å²) in [5.41, 5.74) is 1.28. The van der Waals surface area contributed by atoms with Gasteiger partial charge in [-0.2, -0.15) is 0 Å².